The van der Waals surface area contributed by atoms with E-state index in [0.29, 0.717) is 27.0 Å². The normalized spacial score (nSPS) is 11.0. The van der Waals surface area contributed by atoms with Gasteiger partial charge in [0.05, 0.1) is 0 Å². The topological polar surface area (TPSA) is 51.2 Å². The molecule has 0 unspecified atom stereocenters. The number of carbonyl (C=O) groups is 2. The summed E-state index contributed by atoms with van der Waals surface area (Å²) in [5.74, 6) is 0. The Morgan fingerprint density at radius 1 is 0.542 bits per heavy atom. The number of hydrogen-bond acceptors (Lipinski definition) is 3. The van der Waals surface area contributed by atoms with E-state index >= 15 is 0 Å². The summed E-state index contributed by atoms with van der Waals surface area (Å²) in [4.78, 5) is 21.8. The Kier molecular flexibility index (Phi) is 4.54. The van der Waals surface area contributed by atoms with E-state index in [1.54, 1.807) is 48.5 Å². The van der Waals surface area contributed by atoms with Crippen molar-refractivity contribution in [3.05, 3.63) is 90.0 Å². The van der Waals surface area contributed by atoms with Crippen molar-refractivity contribution >= 4 is 35.6 Å². The van der Waals surface area contributed by atoms with Crippen molar-refractivity contribution in [2.75, 3.05) is 0 Å². The molecular weight excluding hydrogens is 319 g/mol. The molecule has 3 aromatic carbocycles. The van der Waals surface area contributed by atoms with Crippen molar-refractivity contribution in [2.24, 2.45) is 0 Å². The van der Waals surface area contributed by atoms with Crippen LogP contribution in [0.4, 0.5) is 0 Å². The van der Waals surface area contributed by atoms with Gasteiger partial charge >= 0.3 is 0 Å². The first-order chi connectivity index (χ1) is 11.7. The van der Waals surface area contributed by atoms with Crippen molar-refractivity contribution < 1.29 is 14.2 Å². The molecule has 24 heavy (non-hydrogen) atoms. The summed E-state index contributed by atoms with van der Waals surface area (Å²) in [6.45, 7) is 0. The maximum absolute atomic E-state index is 14.0. The van der Waals surface area contributed by atoms with Crippen LogP contribution < -0.4 is 15.9 Å². The van der Waals surface area contributed by atoms with Gasteiger partial charge in [0.1, 0.15) is 12.6 Å². The van der Waals surface area contributed by atoms with Crippen molar-refractivity contribution in [1.82, 2.24) is 0 Å². The molecule has 0 bridgehead atoms. The van der Waals surface area contributed by atoms with Gasteiger partial charge in [-0.25, -0.2) is 0 Å². The lowest BCUT2D eigenvalue weighted by atomic mass is 10.2. The van der Waals surface area contributed by atoms with Crippen LogP contribution >= 0.6 is 7.14 Å². The van der Waals surface area contributed by atoms with E-state index in [2.05, 4.69) is 0 Å². The lowest BCUT2D eigenvalue weighted by Gasteiger charge is -2.20. The molecule has 0 aliphatic carbocycles. The molecule has 4 heteroatoms. The second-order valence-corrected chi connectivity index (χ2v) is 8.13. The Balaban J connectivity index is 2.21. The average molecular weight is 334 g/mol. The molecule has 0 spiro atoms. The summed E-state index contributed by atoms with van der Waals surface area (Å²) in [6, 6.07) is 22.8. The summed E-state index contributed by atoms with van der Waals surface area (Å²) >= 11 is 0. The largest absolute Gasteiger partial charge is 0.309 e. The van der Waals surface area contributed by atoms with Crippen LogP contribution in [0, 0.1) is 0 Å². The lowest BCUT2D eigenvalue weighted by molar-refractivity contribution is 0.111. The standard InChI is InChI=1S/C20H15O3P/c21-14-16-6-10-19(11-7-16)24(23,18-4-2-1-3-5-18)20-12-8-17(15-22)9-13-20/h1-15H. The third-order valence-electron chi connectivity index (χ3n) is 3.91. The third kappa shape index (κ3) is 2.86. The molecule has 0 N–H and O–H groups in total. The Morgan fingerprint density at radius 2 is 0.917 bits per heavy atom. The van der Waals surface area contributed by atoms with Gasteiger partial charge in [0, 0.05) is 27.0 Å². The summed E-state index contributed by atoms with van der Waals surface area (Å²) in [6.07, 6.45) is 1.52. The Labute approximate surface area is 140 Å². The maximum atomic E-state index is 14.0. The minimum Gasteiger partial charge on any atom is -0.309 e. The molecule has 0 heterocycles. The van der Waals surface area contributed by atoms with Crippen molar-refractivity contribution in [3.8, 4) is 0 Å². The molecule has 0 aliphatic rings. The number of hydrogen-bond donors (Lipinski definition) is 0. The third-order valence-corrected chi connectivity index (χ3v) is 6.98. The van der Waals surface area contributed by atoms with Crippen molar-refractivity contribution in [1.29, 1.82) is 0 Å². The summed E-state index contributed by atoms with van der Waals surface area (Å²) in [5, 5.41) is 2.01. The molecule has 118 valence electrons. The van der Waals surface area contributed by atoms with Crippen LogP contribution in [0.1, 0.15) is 20.7 Å². The Hall–Kier alpha value is -2.77. The predicted molar refractivity (Wildman–Crippen MR) is 96.6 cm³/mol. The summed E-state index contributed by atoms with van der Waals surface area (Å²) < 4.78 is 14.0. The van der Waals surface area contributed by atoms with Crippen LogP contribution in [-0.2, 0) is 4.57 Å². The van der Waals surface area contributed by atoms with E-state index in [4.69, 9.17) is 0 Å². The van der Waals surface area contributed by atoms with Crippen LogP contribution in [0.25, 0.3) is 0 Å². The molecule has 0 saturated heterocycles. The van der Waals surface area contributed by atoms with Crippen LogP contribution in [0.2, 0.25) is 0 Å². The zero-order valence-corrected chi connectivity index (χ0v) is 13.7. The quantitative estimate of drug-likeness (QED) is 0.532. The fourth-order valence-electron chi connectivity index (χ4n) is 2.61. The molecule has 0 amide bonds. The number of carbonyl (C=O) groups excluding carboxylic acids is 2. The van der Waals surface area contributed by atoms with Gasteiger partial charge < -0.3 is 4.57 Å². The minimum absolute atomic E-state index is 0.537. The molecule has 0 fully saturated rings. The molecule has 3 nitrogen and oxygen atoms in total. The van der Waals surface area contributed by atoms with Crippen molar-refractivity contribution in [2.45, 2.75) is 0 Å². The lowest BCUT2D eigenvalue weighted by Crippen LogP contribution is -2.25. The molecule has 0 saturated carbocycles. The minimum atomic E-state index is -3.07. The fourth-order valence-corrected chi connectivity index (χ4v) is 5.24. The van der Waals surface area contributed by atoms with E-state index < -0.39 is 7.14 Å². The van der Waals surface area contributed by atoms with Gasteiger partial charge in [0.15, 0.2) is 7.14 Å². The van der Waals surface area contributed by atoms with E-state index in [9.17, 15) is 14.2 Å². The first kappa shape index (κ1) is 16.1. The molecular formula is C20H15O3P. The maximum Gasteiger partial charge on any atom is 0.171 e. The highest BCUT2D eigenvalue weighted by Gasteiger charge is 2.29. The van der Waals surface area contributed by atoms with Crippen LogP contribution in [0.15, 0.2) is 78.9 Å². The van der Waals surface area contributed by atoms with Gasteiger partial charge in [-0.15, -0.1) is 0 Å². The fraction of sp³-hybridized carbons (Fsp3) is 0. The zero-order valence-electron chi connectivity index (χ0n) is 12.8. The zero-order chi connectivity index (χ0) is 17.0. The second kappa shape index (κ2) is 6.77. The molecule has 0 aromatic heterocycles. The van der Waals surface area contributed by atoms with E-state index in [0.717, 1.165) is 12.6 Å². The predicted octanol–water partition coefficient (Wildman–Crippen LogP) is 2.95. The molecule has 3 rings (SSSR count). The smallest absolute Gasteiger partial charge is 0.171 e. The first-order valence-corrected chi connectivity index (χ1v) is 9.16. The molecule has 3 aromatic rings. The van der Waals surface area contributed by atoms with E-state index in [-0.39, 0.29) is 0 Å². The highest BCUT2D eigenvalue weighted by molar-refractivity contribution is 7.85. The van der Waals surface area contributed by atoms with Gasteiger partial charge in [0.25, 0.3) is 0 Å². The van der Waals surface area contributed by atoms with Crippen molar-refractivity contribution in [3.63, 3.8) is 0 Å². The number of benzene rings is 3. The molecule has 0 radical (unpaired) electrons. The monoisotopic (exact) mass is 334 g/mol. The van der Waals surface area contributed by atoms with Crippen LogP contribution in [-0.4, -0.2) is 12.6 Å². The van der Waals surface area contributed by atoms with Gasteiger partial charge in [-0.05, 0) is 0 Å². The van der Waals surface area contributed by atoms with Crippen LogP contribution in [0.3, 0.4) is 0 Å². The molecule has 0 atom stereocenters. The van der Waals surface area contributed by atoms with Gasteiger partial charge in [-0.1, -0.05) is 78.9 Å². The summed E-state index contributed by atoms with van der Waals surface area (Å²) in [5.41, 5.74) is 1.07. The van der Waals surface area contributed by atoms with E-state index in [1.807, 2.05) is 30.3 Å². The van der Waals surface area contributed by atoms with Gasteiger partial charge in [-0.2, -0.15) is 0 Å². The first-order valence-electron chi connectivity index (χ1n) is 7.46. The highest BCUT2D eigenvalue weighted by Crippen LogP contribution is 2.42. The average Bonchev–Trinajstić information content (AvgIpc) is 2.68. The summed E-state index contributed by atoms with van der Waals surface area (Å²) in [7, 11) is -3.07. The number of aldehydes is 2. The highest BCUT2D eigenvalue weighted by atomic mass is 31.2. The van der Waals surface area contributed by atoms with E-state index in [1.165, 1.54) is 0 Å². The molecule has 0 aliphatic heterocycles. The SMILES string of the molecule is O=Cc1ccc(P(=O)(c2ccccc2)c2ccc(C=O)cc2)cc1. The number of rotatable bonds is 5. The van der Waals surface area contributed by atoms with Gasteiger partial charge in [0.2, 0.25) is 0 Å². The Bertz CT molecular complexity index is 842. The second-order valence-electron chi connectivity index (χ2n) is 5.36. The Morgan fingerprint density at radius 3 is 1.29 bits per heavy atom. The van der Waals surface area contributed by atoms with Crippen LogP contribution in [0.5, 0.6) is 0 Å². The van der Waals surface area contributed by atoms with Gasteiger partial charge in [-0.3, -0.25) is 9.59 Å².